The van der Waals surface area contributed by atoms with Crippen molar-refractivity contribution in [2.45, 2.75) is 26.4 Å². The summed E-state index contributed by atoms with van der Waals surface area (Å²) in [7, 11) is 2.08. The monoisotopic (exact) mass is 288 g/mol. The Morgan fingerprint density at radius 1 is 1.29 bits per heavy atom. The Morgan fingerprint density at radius 2 is 2.05 bits per heavy atom. The second kappa shape index (κ2) is 7.29. The maximum absolute atomic E-state index is 6.02. The van der Waals surface area contributed by atoms with E-state index in [0.29, 0.717) is 13.2 Å². The molecule has 0 saturated carbocycles. The minimum absolute atomic E-state index is 0.113. The first-order valence-corrected chi connectivity index (χ1v) is 7.32. The van der Waals surface area contributed by atoms with Crippen LogP contribution in [-0.2, 0) is 6.54 Å². The highest BCUT2D eigenvalue weighted by atomic mass is 16.5. The van der Waals surface area contributed by atoms with E-state index in [1.165, 1.54) is 5.56 Å². The fraction of sp³-hybridized carbons (Fsp3) is 0.412. The standard InChI is InChI=1S/C17H24N2O2/c1-4-20-17-8-6-5-7-15(17)16(11-18)19(3)12-14-9-10-21-13(14)2/h5-10,16H,4,11-12,18H2,1-3H3. The Hall–Kier alpha value is -1.78. The van der Waals surface area contributed by atoms with Gasteiger partial charge in [0.2, 0.25) is 0 Å². The smallest absolute Gasteiger partial charge is 0.124 e. The molecule has 2 N–H and O–H groups in total. The summed E-state index contributed by atoms with van der Waals surface area (Å²) in [6.45, 7) is 5.96. The van der Waals surface area contributed by atoms with Gasteiger partial charge < -0.3 is 14.9 Å². The summed E-state index contributed by atoms with van der Waals surface area (Å²) in [5.41, 5.74) is 8.33. The predicted molar refractivity (Wildman–Crippen MR) is 84.3 cm³/mol. The van der Waals surface area contributed by atoms with E-state index in [0.717, 1.165) is 23.6 Å². The van der Waals surface area contributed by atoms with E-state index in [4.69, 9.17) is 14.9 Å². The molecule has 0 fully saturated rings. The highest BCUT2D eigenvalue weighted by molar-refractivity contribution is 5.36. The average Bonchev–Trinajstić information content (AvgIpc) is 2.87. The summed E-state index contributed by atoms with van der Waals surface area (Å²) >= 11 is 0. The van der Waals surface area contributed by atoms with Crippen LogP contribution < -0.4 is 10.5 Å². The summed E-state index contributed by atoms with van der Waals surface area (Å²) < 4.78 is 11.1. The number of nitrogens with zero attached hydrogens (tertiary/aromatic N) is 1. The maximum atomic E-state index is 6.02. The highest BCUT2D eigenvalue weighted by Crippen LogP contribution is 2.29. The predicted octanol–water partition coefficient (Wildman–Crippen LogP) is 3.12. The summed E-state index contributed by atoms with van der Waals surface area (Å²) in [5, 5.41) is 0. The Balaban J connectivity index is 2.21. The Bertz CT molecular complexity index is 565. The molecule has 0 spiro atoms. The molecular formula is C17H24N2O2. The molecule has 0 aliphatic carbocycles. The third-order valence-electron chi connectivity index (χ3n) is 3.72. The Morgan fingerprint density at radius 3 is 2.67 bits per heavy atom. The lowest BCUT2D eigenvalue weighted by Gasteiger charge is -2.28. The van der Waals surface area contributed by atoms with Gasteiger partial charge in [-0.1, -0.05) is 18.2 Å². The summed E-state index contributed by atoms with van der Waals surface area (Å²) in [6, 6.07) is 10.2. The number of para-hydroxylation sites is 1. The van der Waals surface area contributed by atoms with Crippen LogP contribution in [0.25, 0.3) is 0 Å². The van der Waals surface area contributed by atoms with Crippen molar-refractivity contribution in [1.82, 2.24) is 4.90 Å². The van der Waals surface area contributed by atoms with Crippen molar-refractivity contribution in [3.05, 3.63) is 53.5 Å². The van der Waals surface area contributed by atoms with Crippen molar-refractivity contribution >= 4 is 0 Å². The zero-order chi connectivity index (χ0) is 15.2. The van der Waals surface area contributed by atoms with E-state index in [9.17, 15) is 0 Å². The molecule has 2 aromatic rings. The topological polar surface area (TPSA) is 51.6 Å². The number of furan rings is 1. The second-order valence-corrected chi connectivity index (χ2v) is 5.14. The molecule has 0 amide bonds. The van der Waals surface area contributed by atoms with Gasteiger partial charge in [0.25, 0.3) is 0 Å². The van der Waals surface area contributed by atoms with Gasteiger partial charge in [0.05, 0.1) is 18.9 Å². The van der Waals surface area contributed by atoms with Crippen LogP contribution in [0.4, 0.5) is 0 Å². The average molecular weight is 288 g/mol. The van der Waals surface area contributed by atoms with E-state index < -0.39 is 0 Å². The molecule has 1 heterocycles. The van der Waals surface area contributed by atoms with Crippen LogP contribution in [0.3, 0.4) is 0 Å². The van der Waals surface area contributed by atoms with Gasteiger partial charge in [-0.05, 0) is 33.0 Å². The number of ether oxygens (including phenoxy) is 1. The van der Waals surface area contributed by atoms with Crippen LogP contribution in [0.2, 0.25) is 0 Å². The zero-order valence-electron chi connectivity index (χ0n) is 13.0. The van der Waals surface area contributed by atoms with Crippen LogP contribution in [-0.4, -0.2) is 25.1 Å². The van der Waals surface area contributed by atoms with Gasteiger partial charge in [0.1, 0.15) is 11.5 Å². The molecule has 0 bridgehead atoms. The van der Waals surface area contributed by atoms with Crippen molar-refractivity contribution in [3.63, 3.8) is 0 Å². The molecule has 1 aromatic carbocycles. The first kappa shape index (κ1) is 15.6. The van der Waals surface area contributed by atoms with Crippen molar-refractivity contribution < 1.29 is 9.15 Å². The van der Waals surface area contributed by atoms with Crippen molar-refractivity contribution in [2.75, 3.05) is 20.2 Å². The van der Waals surface area contributed by atoms with Gasteiger partial charge in [-0.25, -0.2) is 0 Å². The largest absolute Gasteiger partial charge is 0.494 e. The first-order chi connectivity index (χ1) is 10.2. The van der Waals surface area contributed by atoms with Crippen molar-refractivity contribution in [3.8, 4) is 5.75 Å². The minimum atomic E-state index is 0.113. The molecule has 0 saturated heterocycles. The SMILES string of the molecule is CCOc1ccccc1C(CN)N(C)Cc1ccoc1C. The Kier molecular flexibility index (Phi) is 5.42. The van der Waals surface area contributed by atoms with Gasteiger partial charge in [0.15, 0.2) is 0 Å². The molecule has 114 valence electrons. The van der Waals surface area contributed by atoms with E-state index in [1.54, 1.807) is 6.26 Å². The minimum Gasteiger partial charge on any atom is -0.494 e. The lowest BCUT2D eigenvalue weighted by atomic mass is 10.0. The number of likely N-dealkylation sites (N-methyl/N-ethyl adjacent to an activating group) is 1. The summed E-state index contributed by atoms with van der Waals surface area (Å²) in [4.78, 5) is 2.23. The molecule has 0 aliphatic rings. The number of nitrogens with two attached hydrogens (primary N) is 1. The van der Waals surface area contributed by atoms with Gasteiger partial charge >= 0.3 is 0 Å². The fourth-order valence-electron chi connectivity index (χ4n) is 2.54. The van der Waals surface area contributed by atoms with Gasteiger partial charge in [-0.3, -0.25) is 4.90 Å². The van der Waals surface area contributed by atoms with E-state index in [2.05, 4.69) is 18.0 Å². The van der Waals surface area contributed by atoms with E-state index >= 15 is 0 Å². The molecule has 2 rings (SSSR count). The van der Waals surface area contributed by atoms with Crippen LogP contribution in [0.15, 0.2) is 41.0 Å². The van der Waals surface area contributed by atoms with Gasteiger partial charge in [-0.15, -0.1) is 0 Å². The third kappa shape index (κ3) is 3.65. The molecule has 21 heavy (non-hydrogen) atoms. The fourth-order valence-corrected chi connectivity index (χ4v) is 2.54. The number of benzene rings is 1. The zero-order valence-corrected chi connectivity index (χ0v) is 13.0. The second-order valence-electron chi connectivity index (χ2n) is 5.14. The molecule has 1 aromatic heterocycles. The van der Waals surface area contributed by atoms with Crippen molar-refractivity contribution in [1.29, 1.82) is 0 Å². The van der Waals surface area contributed by atoms with Crippen molar-refractivity contribution in [2.24, 2.45) is 5.73 Å². The molecule has 1 unspecified atom stereocenters. The molecule has 1 atom stereocenters. The molecule has 0 radical (unpaired) electrons. The van der Waals surface area contributed by atoms with E-state index in [-0.39, 0.29) is 6.04 Å². The number of rotatable bonds is 7. The van der Waals surface area contributed by atoms with E-state index in [1.807, 2.05) is 38.1 Å². The normalized spacial score (nSPS) is 12.6. The molecule has 4 nitrogen and oxygen atoms in total. The molecular weight excluding hydrogens is 264 g/mol. The summed E-state index contributed by atoms with van der Waals surface area (Å²) in [5.74, 6) is 1.86. The van der Waals surface area contributed by atoms with Crippen LogP contribution in [0.5, 0.6) is 5.75 Å². The number of aryl methyl sites for hydroxylation is 1. The first-order valence-electron chi connectivity index (χ1n) is 7.32. The van der Waals surface area contributed by atoms with Crippen LogP contribution in [0.1, 0.15) is 29.9 Å². The number of hydrogen-bond donors (Lipinski definition) is 1. The highest BCUT2D eigenvalue weighted by Gasteiger charge is 2.20. The third-order valence-corrected chi connectivity index (χ3v) is 3.72. The quantitative estimate of drug-likeness (QED) is 0.850. The maximum Gasteiger partial charge on any atom is 0.124 e. The molecule has 4 heteroatoms. The van der Waals surface area contributed by atoms with Gasteiger partial charge in [0, 0.05) is 24.2 Å². The lowest BCUT2D eigenvalue weighted by Crippen LogP contribution is -2.30. The molecule has 0 aliphatic heterocycles. The van der Waals surface area contributed by atoms with Crippen LogP contribution >= 0.6 is 0 Å². The summed E-state index contributed by atoms with van der Waals surface area (Å²) in [6.07, 6.45) is 1.73. The van der Waals surface area contributed by atoms with Gasteiger partial charge in [-0.2, -0.15) is 0 Å². The number of hydrogen-bond acceptors (Lipinski definition) is 4. The Labute approximate surface area is 126 Å². The lowest BCUT2D eigenvalue weighted by molar-refractivity contribution is 0.231. The van der Waals surface area contributed by atoms with Crippen LogP contribution in [0, 0.1) is 6.92 Å².